The number of thiol groups is 1. The van der Waals surface area contributed by atoms with E-state index < -0.39 is 0 Å². The number of carbonyl (C=O) groups excluding carboxylic acids is 1. The first-order chi connectivity index (χ1) is 5.69. The number of hydrogen-bond acceptors (Lipinski definition) is 3. The summed E-state index contributed by atoms with van der Waals surface area (Å²) in [6.07, 6.45) is 0.769. The fourth-order valence-electron chi connectivity index (χ4n) is 1.09. The minimum Gasteiger partial charge on any atom is -0.495 e. The van der Waals surface area contributed by atoms with Crippen LogP contribution < -0.4 is 4.74 Å². The van der Waals surface area contributed by atoms with Crippen molar-refractivity contribution in [1.29, 1.82) is 0 Å². The molecule has 0 aromatic heterocycles. The summed E-state index contributed by atoms with van der Waals surface area (Å²) >= 11 is 4.19. The van der Waals surface area contributed by atoms with Gasteiger partial charge in [-0.15, -0.1) is 12.6 Å². The predicted molar refractivity (Wildman–Crippen MR) is 50.4 cm³/mol. The van der Waals surface area contributed by atoms with Crippen LogP contribution in [0.3, 0.4) is 0 Å². The van der Waals surface area contributed by atoms with E-state index in [4.69, 9.17) is 4.74 Å². The zero-order valence-electron chi connectivity index (χ0n) is 7.00. The topological polar surface area (TPSA) is 26.3 Å². The molecule has 12 heavy (non-hydrogen) atoms. The summed E-state index contributed by atoms with van der Waals surface area (Å²) in [5.41, 5.74) is 1.55. The number of aryl methyl sites for hydroxylation is 1. The monoisotopic (exact) mass is 182 g/mol. The van der Waals surface area contributed by atoms with Crippen molar-refractivity contribution in [3.8, 4) is 5.75 Å². The molecule has 0 spiro atoms. The molecule has 0 saturated carbocycles. The fourth-order valence-corrected chi connectivity index (χ4v) is 1.52. The minimum absolute atomic E-state index is 0.541. The van der Waals surface area contributed by atoms with E-state index in [2.05, 4.69) is 12.6 Å². The van der Waals surface area contributed by atoms with E-state index in [0.717, 1.165) is 11.8 Å². The second-order valence-corrected chi connectivity index (χ2v) is 3.01. The smallest absolute Gasteiger partial charge is 0.153 e. The van der Waals surface area contributed by atoms with Crippen LogP contribution in [-0.2, 0) is 0 Å². The van der Waals surface area contributed by atoms with Crippen molar-refractivity contribution in [2.45, 2.75) is 11.8 Å². The average Bonchev–Trinajstić information content (AvgIpc) is 2.03. The van der Waals surface area contributed by atoms with E-state index >= 15 is 0 Å². The quantitative estimate of drug-likeness (QED) is 0.560. The lowest BCUT2D eigenvalue weighted by atomic mass is 10.1. The van der Waals surface area contributed by atoms with Crippen molar-refractivity contribution in [3.63, 3.8) is 0 Å². The maximum atomic E-state index is 10.6. The molecule has 0 radical (unpaired) electrons. The number of rotatable bonds is 2. The van der Waals surface area contributed by atoms with Crippen LogP contribution in [0.1, 0.15) is 15.9 Å². The van der Waals surface area contributed by atoms with Gasteiger partial charge in [0.1, 0.15) is 5.75 Å². The number of methoxy groups -OCH3 is 1. The zero-order valence-corrected chi connectivity index (χ0v) is 7.89. The molecule has 1 aromatic rings. The van der Waals surface area contributed by atoms with Crippen molar-refractivity contribution in [2.24, 2.45) is 0 Å². The summed E-state index contributed by atoms with van der Waals surface area (Å²) < 4.78 is 5.01. The van der Waals surface area contributed by atoms with Crippen molar-refractivity contribution in [1.82, 2.24) is 0 Å². The summed E-state index contributed by atoms with van der Waals surface area (Å²) in [6.45, 7) is 1.91. The first-order valence-electron chi connectivity index (χ1n) is 3.52. The van der Waals surface area contributed by atoms with Gasteiger partial charge in [0.05, 0.1) is 12.7 Å². The molecule has 1 rings (SSSR count). The van der Waals surface area contributed by atoms with Crippen LogP contribution in [0, 0.1) is 6.92 Å². The van der Waals surface area contributed by atoms with Crippen LogP contribution in [0.25, 0.3) is 0 Å². The van der Waals surface area contributed by atoms with E-state index in [1.165, 1.54) is 7.11 Å². The summed E-state index contributed by atoms with van der Waals surface area (Å²) in [5.74, 6) is 0.541. The average molecular weight is 182 g/mol. The molecule has 0 bridgehead atoms. The molecule has 0 aliphatic rings. The Kier molecular flexibility index (Phi) is 2.76. The first kappa shape index (κ1) is 9.13. The van der Waals surface area contributed by atoms with Crippen LogP contribution in [0.2, 0.25) is 0 Å². The molecule has 0 aliphatic carbocycles. The van der Waals surface area contributed by atoms with E-state index in [1.807, 2.05) is 13.0 Å². The lowest BCUT2D eigenvalue weighted by molar-refractivity contribution is 0.112. The van der Waals surface area contributed by atoms with Gasteiger partial charge in [0.2, 0.25) is 0 Å². The van der Waals surface area contributed by atoms with Gasteiger partial charge >= 0.3 is 0 Å². The standard InChI is InChI=1S/C9H10O2S/c1-6-3-7(5-10)9(11-2)8(12)4-6/h3-5,12H,1-2H3. The molecule has 0 saturated heterocycles. The Morgan fingerprint density at radius 2 is 2.17 bits per heavy atom. The number of carbonyl (C=O) groups is 1. The van der Waals surface area contributed by atoms with Crippen molar-refractivity contribution in [2.75, 3.05) is 7.11 Å². The highest BCUT2D eigenvalue weighted by atomic mass is 32.1. The van der Waals surface area contributed by atoms with Crippen LogP contribution in [0.15, 0.2) is 17.0 Å². The van der Waals surface area contributed by atoms with Crippen LogP contribution in [0.4, 0.5) is 0 Å². The second kappa shape index (κ2) is 3.63. The van der Waals surface area contributed by atoms with Gasteiger partial charge < -0.3 is 4.74 Å². The lowest BCUT2D eigenvalue weighted by Crippen LogP contribution is -1.92. The molecular formula is C9H10O2S. The molecule has 0 atom stereocenters. The third-order valence-electron chi connectivity index (χ3n) is 1.57. The molecule has 0 aliphatic heterocycles. The van der Waals surface area contributed by atoms with Gasteiger partial charge in [-0.1, -0.05) is 0 Å². The summed E-state index contributed by atoms with van der Waals surface area (Å²) in [4.78, 5) is 11.3. The Morgan fingerprint density at radius 3 is 2.67 bits per heavy atom. The molecule has 0 unspecified atom stereocenters. The normalized spacial score (nSPS) is 9.58. The van der Waals surface area contributed by atoms with Gasteiger partial charge in [-0.2, -0.15) is 0 Å². The SMILES string of the molecule is COc1c(S)cc(C)cc1C=O. The van der Waals surface area contributed by atoms with Gasteiger partial charge in [0.15, 0.2) is 6.29 Å². The second-order valence-electron chi connectivity index (χ2n) is 2.52. The van der Waals surface area contributed by atoms with Gasteiger partial charge in [-0.25, -0.2) is 0 Å². The molecule has 0 amide bonds. The highest BCUT2D eigenvalue weighted by Gasteiger charge is 2.06. The zero-order chi connectivity index (χ0) is 9.14. The van der Waals surface area contributed by atoms with Crippen molar-refractivity contribution < 1.29 is 9.53 Å². The van der Waals surface area contributed by atoms with Crippen LogP contribution in [0.5, 0.6) is 5.75 Å². The fraction of sp³-hybridized carbons (Fsp3) is 0.222. The van der Waals surface area contributed by atoms with Crippen LogP contribution in [-0.4, -0.2) is 13.4 Å². The predicted octanol–water partition coefficient (Wildman–Crippen LogP) is 2.10. The maximum Gasteiger partial charge on any atom is 0.153 e. The van der Waals surface area contributed by atoms with Gasteiger partial charge in [-0.05, 0) is 24.6 Å². The maximum absolute atomic E-state index is 10.6. The van der Waals surface area contributed by atoms with Gasteiger partial charge in [0, 0.05) is 4.90 Å². The summed E-state index contributed by atoms with van der Waals surface area (Å²) in [5, 5.41) is 0. The number of benzene rings is 1. The largest absolute Gasteiger partial charge is 0.495 e. The molecule has 3 heteroatoms. The van der Waals surface area contributed by atoms with Crippen molar-refractivity contribution >= 4 is 18.9 Å². The Bertz CT molecular complexity index is 308. The molecule has 64 valence electrons. The Balaban J connectivity index is 3.33. The Morgan fingerprint density at radius 1 is 1.50 bits per heavy atom. The van der Waals surface area contributed by atoms with E-state index in [-0.39, 0.29) is 0 Å². The molecule has 0 heterocycles. The molecule has 2 nitrogen and oxygen atoms in total. The van der Waals surface area contributed by atoms with Crippen LogP contribution >= 0.6 is 12.6 Å². The molecule has 0 fully saturated rings. The van der Waals surface area contributed by atoms with E-state index in [0.29, 0.717) is 16.2 Å². The molecular weight excluding hydrogens is 172 g/mol. The summed E-state index contributed by atoms with van der Waals surface area (Å²) in [6, 6.07) is 3.63. The van der Waals surface area contributed by atoms with E-state index in [9.17, 15) is 4.79 Å². The molecule has 1 aromatic carbocycles. The third kappa shape index (κ3) is 1.61. The minimum atomic E-state index is 0.541. The van der Waals surface area contributed by atoms with Crippen molar-refractivity contribution in [3.05, 3.63) is 23.3 Å². The Labute approximate surface area is 77.0 Å². The Hall–Kier alpha value is -0.960. The number of hydrogen-bond donors (Lipinski definition) is 1. The number of aldehydes is 1. The van der Waals surface area contributed by atoms with E-state index in [1.54, 1.807) is 6.07 Å². The highest BCUT2D eigenvalue weighted by Crippen LogP contribution is 2.27. The third-order valence-corrected chi connectivity index (χ3v) is 1.91. The summed E-state index contributed by atoms with van der Waals surface area (Å²) in [7, 11) is 1.53. The van der Waals surface area contributed by atoms with Gasteiger partial charge in [0.25, 0.3) is 0 Å². The lowest BCUT2D eigenvalue weighted by Gasteiger charge is -2.07. The first-order valence-corrected chi connectivity index (χ1v) is 3.96. The molecule has 0 N–H and O–H groups in total. The highest BCUT2D eigenvalue weighted by molar-refractivity contribution is 7.80. The van der Waals surface area contributed by atoms with Gasteiger partial charge in [-0.3, -0.25) is 4.79 Å². The number of ether oxygens (including phenoxy) is 1.